The Labute approximate surface area is 116 Å². The Balaban J connectivity index is 2.52. The lowest BCUT2D eigenvalue weighted by molar-refractivity contribution is 0.660. The Kier molecular flexibility index (Phi) is 4.53. The van der Waals surface area contributed by atoms with Crippen LogP contribution in [-0.4, -0.2) is 14.8 Å². The molecule has 0 spiro atoms. The minimum Gasteiger partial charge on any atom is -0.310 e. The number of rotatable bonds is 5. The summed E-state index contributed by atoms with van der Waals surface area (Å²) in [6.45, 7) is 5.31. The maximum absolute atomic E-state index is 4.37. The molecule has 4 heteroatoms. The highest BCUT2D eigenvalue weighted by molar-refractivity contribution is 9.08. The van der Waals surface area contributed by atoms with Crippen molar-refractivity contribution < 1.29 is 0 Å². The molecule has 3 nitrogen and oxygen atoms in total. The second-order valence-corrected chi connectivity index (χ2v) is 4.80. The third-order valence-electron chi connectivity index (χ3n) is 3.03. The quantitative estimate of drug-likeness (QED) is 0.786. The van der Waals surface area contributed by atoms with Gasteiger partial charge < -0.3 is 4.57 Å². The third kappa shape index (κ3) is 2.48. The van der Waals surface area contributed by atoms with Crippen LogP contribution >= 0.6 is 15.9 Å². The van der Waals surface area contributed by atoms with E-state index in [0.717, 1.165) is 36.4 Å². The maximum atomic E-state index is 4.37. The number of aromatic nitrogens is 3. The number of hydrogen-bond acceptors (Lipinski definition) is 2. The van der Waals surface area contributed by atoms with Crippen LogP contribution in [0.4, 0.5) is 0 Å². The number of halogens is 1. The van der Waals surface area contributed by atoms with Gasteiger partial charge in [0, 0.05) is 12.1 Å². The Morgan fingerprint density at radius 3 is 2.61 bits per heavy atom. The molecule has 0 unspecified atom stereocenters. The molecular formula is C14H18BrN3. The van der Waals surface area contributed by atoms with Crippen LogP contribution in [0.3, 0.4) is 0 Å². The van der Waals surface area contributed by atoms with E-state index in [0.29, 0.717) is 0 Å². The molecule has 2 rings (SSSR count). The second kappa shape index (κ2) is 6.14. The van der Waals surface area contributed by atoms with Crippen molar-refractivity contribution in [3.05, 3.63) is 35.7 Å². The highest BCUT2D eigenvalue weighted by Gasteiger charge is 2.14. The molecule has 1 heterocycles. The van der Waals surface area contributed by atoms with Gasteiger partial charge in [0.1, 0.15) is 5.82 Å². The van der Waals surface area contributed by atoms with Crippen LogP contribution < -0.4 is 0 Å². The van der Waals surface area contributed by atoms with Crippen molar-refractivity contribution in [3.63, 3.8) is 0 Å². The van der Waals surface area contributed by atoms with Gasteiger partial charge in [0.25, 0.3) is 0 Å². The molecule has 2 aromatic rings. The summed E-state index contributed by atoms with van der Waals surface area (Å²) in [6, 6.07) is 8.43. The van der Waals surface area contributed by atoms with Gasteiger partial charge in [-0.3, -0.25) is 0 Å². The molecule has 0 radical (unpaired) electrons. The van der Waals surface area contributed by atoms with Crippen LogP contribution in [0.1, 0.15) is 31.7 Å². The number of hydrogen-bond donors (Lipinski definition) is 0. The van der Waals surface area contributed by atoms with E-state index in [9.17, 15) is 0 Å². The Morgan fingerprint density at radius 1 is 1.17 bits per heavy atom. The highest BCUT2D eigenvalue weighted by Crippen LogP contribution is 2.24. The normalized spacial score (nSPS) is 10.8. The molecule has 0 aliphatic carbocycles. The van der Waals surface area contributed by atoms with Gasteiger partial charge in [-0.1, -0.05) is 54.0 Å². The summed E-state index contributed by atoms with van der Waals surface area (Å²) >= 11 is 3.48. The zero-order valence-corrected chi connectivity index (χ0v) is 12.4. The van der Waals surface area contributed by atoms with Crippen molar-refractivity contribution >= 4 is 15.9 Å². The zero-order valence-electron chi connectivity index (χ0n) is 10.9. The molecule has 1 aromatic carbocycles. The number of benzene rings is 1. The lowest BCUT2D eigenvalue weighted by Gasteiger charge is -2.10. The van der Waals surface area contributed by atoms with E-state index in [4.69, 9.17) is 0 Å². The summed E-state index contributed by atoms with van der Waals surface area (Å²) in [7, 11) is 0. The summed E-state index contributed by atoms with van der Waals surface area (Å²) < 4.78 is 2.21. The molecule has 0 bridgehead atoms. The Morgan fingerprint density at radius 2 is 1.94 bits per heavy atom. The van der Waals surface area contributed by atoms with Gasteiger partial charge in [-0.15, -0.1) is 10.2 Å². The van der Waals surface area contributed by atoms with Crippen molar-refractivity contribution in [3.8, 4) is 11.4 Å². The van der Waals surface area contributed by atoms with E-state index >= 15 is 0 Å². The van der Waals surface area contributed by atoms with Gasteiger partial charge in [0.2, 0.25) is 0 Å². The van der Waals surface area contributed by atoms with Crippen LogP contribution in [0, 0.1) is 0 Å². The van der Waals surface area contributed by atoms with E-state index in [1.54, 1.807) is 0 Å². The first-order valence-corrected chi connectivity index (χ1v) is 7.50. The van der Waals surface area contributed by atoms with Gasteiger partial charge >= 0.3 is 0 Å². The summed E-state index contributed by atoms with van der Waals surface area (Å²) in [4.78, 5) is 0. The Hall–Kier alpha value is -1.16. The van der Waals surface area contributed by atoms with Gasteiger partial charge in [-0.2, -0.15) is 0 Å². The number of aryl methyl sites for hydroxylation is 1. The third-order valence-corrected chi connectivity index (χ3v) is 3.53. The molecule has 96 valence electrons. The van der Waals surface area contributed by atoms with Crippen molar-refractivity contribution in [2.75, 3.05) is 0 Å². The lowest BCUT2D eigenvalue weighted by atomic mass is 10.0. The van der Waals surface area contributed by atoms with Gasteiger partial charge in [-0.05, 0) is 18.4 Å². The highest BCUT2D eigenvalue weighted by atomic mass is 79.9. The second-order valence-electron chi connectivity index (χ2n) is 4.24. The van der Waals surface area contributed by atoms with E-state index in [1.807, 2.05) is 0 Å². The van der Waals surface area contributed by atoms with Crippen LogP contribution in [0.2, 0.25) is 0 Å². The molecule has 18 heavy (non-hydrogen) atoms. The van der Waals surface area contributed by atoms with E-state index < -0.39 is 0 Å². The first-order valence-electron chi connectivity index (χ1n) is 6.38. The Bertz CT molecular complexity index is 520. The fourth-order valence-corrected chi connectivity index (χ4v) is 2.55. The van der Waals surface area contributed by atoms with Crippen LogP contribution in [0.25, 0.3) is 11.4 Å². The van der Waals surface area contributed by atoms with Crippen molar-refractivity contribution in [1.82, 2.24) is 14.8 Å². The molecule has 0 fully saturated rings. The van der Waals surface area contributed by atoms with E-state index in [1.165, 1.54) is 11.1 Å². The monoisotopic (exact) mass is 307 g/mol. The first-order chi connectivity index (χ1) is 8.81. The standard InChI is InChI=1S/C14H18BrN3/c1-3-9-18-13(10-15)16-17-14(18)12-8-6-5-7-11(12)4-2/h5-8H,3-4,9-10H2,1-2H3. The smallest absolute Gasteiger partial charge is 0.164 e. The molecule has 0 atom stereocenters. The molecule has 0 aliphatic rings. The average Bonchev–Trinajstić information content (AvgIpc) is 2.82. The van der Waals surface area contributed by atoms with Gasteiger partial charge in [0.15, 0.2) is 5.82 Å². The van der Waals surface area contributed by atoms with E-state index in [-0.39, 0.29) is 0 Å². The fourth-order valence-electron chi connectivity index (χ4n) is 2.14. The van der Waals surface area contributed by atoms with Crippen LogP contribution in [0.5, 0.6) is 0 Å². The largest absolute Gasteiger partial charge is 0.310 e. The molecule has 0 saturated carbocycles. The number of nitrogens with zero attached hydrogens (tertiary/aromatic N) is 3. The molecule has 0 aliphatic heterocycles. The predicted molar refractivity (Wildman–Crippen MR) is 77.8 cm³/mol. The van der Waals surface area contributed by atoms with Crippen LogP contribution in [0.15, 0.2) is 24.3 Å². The minimum atomic E-state index is 0.744. The molecule has 1 aromatic heterocycles. The average molecular weight is 308 g/mol. The fraction of sp³-hybridized carbons (Fsp3) is 0.429. The molecule has 0 saturated heterocycles. The molecule has 0 amide bonds. The van der Waals surface area contributed by atoms with Gasteiger partial charge in [-0.25, -0.2) is 0 Å². The first kappa shape index (κ1) is 13.3. The predicted octanol–water partition coefficient (Wildman–Crippen LogP) is 3.81. The lowest BCUT2D eigenvalue weighted by Crippen LogP contribution is -2.04. The SMILES string of the molecule is CCCn1c(CBr)nnc1-c1ccccc1CC. The van der Waals surface area contributed by atoms with Crippen molar-refractivity contribution in [2.45, 2.75) is 38.6 Å². The summed E-state index contributed by atoms with van der Waals surface area (Å²) in [5, 5.41) is 9.38. The molecule has 0 N–H and O–H groups in total. The maximum Gasteiger partial charge on any atom is 0.164 e. The van der Waals surface area contributed by atoms with Crippen molar-refractivity contribution in [1.29, 1.82) is 0 Å². The zero-order chi connectivity index (χ0) is 13.0. The topological polar surface area (TPSA) is 30.7 Å². The van der Waals surface area contributed by atoms with E-state index in [2.05, 4.69) is 68.8 Å². The minimum absolute atomic E-state index is 0.744. The summed E-state index contributed by atoms with van der Waals surface area (Å²) in [6.07, 6.45) is 2.10. The summed E-state index contributed by atoms with van der Waals surface area (Å²) in [5.41, 5.74) is 2.52. The van der Waals surface area contributed by atoms with Crippen LogP contribution in [-0.2, 0) is 18.3 Å². The van der Waals surface area contributed by atoms with Gasteiger partial charge in [0.05, 0.1) is 5.33 Å². The van der Waals surface area contributed by atoms with Crippen molar-refractivity contribution in [2.24, 2.45) is 0 Å². The number of alkyl halides is 1. The molecular weight excluding hydrogens is 290 g/mol. The summed E-state index contributed by atoms with van der Waals surface area (Å²) in [5.74, 6) is 1.99.